The monoisotopic (exact) mass is 458 g/mol. The number of aryl methyl sites for hydroxylation is 2. The van der Waals surface area contributed by atoms with E-state index in [9.17, 15) is 9.59 Å². The van der Waals surface area contributed by atoms with E-state index in [-0.39, 0.29) is 24.1 Å². The lowest BCUT2D eigenvalue weighted by Gasteiger charge is -2.31. The van der Waals surface area contributed by atoms with Crippen LogP contribution in [0.1, 0.15) is 25.5 Å². The summed E-state index contributed by atoms with van der Waals surface area (Å²) in [6.45, 7) is 5.23. The summed E-state index contributed by atoms with van der Waals surface area (Å²) in [5.41, 5.74) is 7.06. The fraction of sp³-hybridized carbons (Fsp3) is 0.375. The zero-order valence-corrected chi connectivity index (χ0v) is 19.4. The number of fused-ring (bicyclic) bond motifs is 2. The van der Waals surface area contributed by atoms with Gasteiger partial charge in [-0.1, -0.05) is 24.1 Å². The molecule has 0 saturated carbocycles. The van der Waals surface area contributed by atoms with Crippen LogP contribution < -0.4 is 21.9 Å². The molecule has 1 atom stereocenters. The summed E-state index contributed by atoms with van der Waals surface area (Å²) in [6.07, 6.45) is 1.87. The van der Waals surface area contributed by atoms with Crippen LogP contribution in [0.4, 0.5) is 5.95 Å². The van der Waals surface area contributed by atoms with Crippen molar-refractivity contribution in [2.24, 2.45) is 12.8 Å². The van der Waals surface area contributed by atoms with E-state index >= 15 is 0 Å². The Hall–Kier alpha value is -3.97. The van der Waals surface area contributed by atoms with Crippen LogP contribution in [0.5, 0.6) is 0 Å². The second-order valence-corrected chi connectivity index (χ2v) is 8.55. The average molecular weight is 459 g/mol. The second-order valence-electron chi connectivity index (χ2n) is 8.55. The lowest BCUT2D eigenvalue weighted by atomic mass is 10.1. The minimum atomic E-state index is -0.555. The number of nitrogens with two attached hydrogens (primary N) is 1. The first-order valence-electron chi connectivity index (χ1n) is 11.3. The van der Waals surface area contributed by atoms with Crippen molar-refractivity contribution in [3.05, 3.63) is 50.8 Å². The summed E-state index contributed by atoms with van der Waals surface area (Å²) in [5, 5.41) is 0.865. The van der Waals surface area contributed by atoms with E-state index in [1.54, 1.807) is 18.5 Å². The number of nitrogens with zero attached hydrogens (tertiary/aromatic N) is 7. The third-order valence-corrected chi connectivity index (χ3v) is 6.27. The lowest BCUT2D eigenvalue weighted by molar-refractivity contribution is 0.496. The minimum Gasteiger partial charge on any atom is -0.341 e. The summed E-state index contributed by atoms with van der Waals surface area (Å²) in [5.74, 6) is 6.55. The standard InChI is InChI=1S/C24H26N8O2/c1-4-5-13-31-19-20(28-23(31)30-12-8-9-16(25)14-30)29(3)24(34)32(21(19)33)22-26-15(2)17-10-6-7-11-18(17)27-22/h6-7,10-11,16H,8-9,12-14,25H2,1-3H3. The number of hydrogen-bond donors (Lipinski definition) is 1. The minimum absolute atomic E-state index is 0.0220. The van der Waals surface area contributed by atoms with Gasteiger partial charge in [-0.2, -0.15) is 9.55 Å². The molecule has 1 aliphatic rings. The molecule has 1 fully saturated rings. The van der Waals surface area contributed by atoms with Gasteiger partial charge in [0.2, 0.25) is 11.9 Å². The Morgan fingerprint density at radius 2 is 1.97 bits per heavy atom. The largest absolute Gasteiger partial charge is 0.341 e. The summed E-state index contributed by atoms with van der Waals surface area (Å²) >= 11 is 0. The molecule has 1 aliphatic heterocycles. The maximum absolute atomic E-state index is 13.8. The van der Waals surface area contributed by atoms with E-state index in [0.717, 1.165) is 29.3 Å². The highest BCUT2D eigenvalue weighted by Gasteiger charge is 2.27. The van der Waals surface area contributed by atoms with E-state index in [4.69, 9.17) is 10.7 Å². The number of rotatable bonds is 3. The third kappa shape index (κ3) is 3.45. The maximum atomic E-state index is 13.8. The molecule has 10 heteroatoms. The summed E-state index contributed by atoms with van der Waals surface area (Å²) in [4.78, 5) is 43.0. The molecule has 34 heavy (non-hydrogen) atoms. The topological polar surface area (TPSA) is 117 Å². The Morgan fingerprint density at radius 3 is 2.74 bits per heavy atom. The van der Waals surface area contributed by atoms with Crippen LogP contribution in [0.2, 0.25) is 0 Å². The van der Waals surface area contributed by atoms with Crippen molar-refractivity contribution in [3.63, 3.8) is 0 Å². The Balaban J connectivity index is 1.81. The summed E-state index contributed by atoms with van der Waals surface area (Å²) in [7, 11) is 1.60. The molecule has 0 amide bonds. The van der Waals surface area contributed by atoms with Gasteiger partial charge in [0.1, 0.15) is 0 Å². The molecule has 3 aromatic heterocycles. The Bertz CT molecular complexity index is 1600. The fourth-order valence-corrected chi connectivity index (χ4v) is 4.54. The van der Waals surface area contributed by atoms with E-state index in [1.165, 1.54) is 4.57 Å². The molecule has 2 N–H and O–H groups in total. The van der Waals surface area contributed by atoms with Gasteiger partial charge in [-0.05, 0) is 32.8 Å². The number of piperidine rings is 1. The van der Waals surface area contributed by atoms with Crippen LogP contribution in [0.15, 0.2) is 33.9 Å². The highest BCUT2D eigenvalue weighted by molar-refractivity contribution is 5.81. The van der Waals surface area contributed by atoms with Gasteiger partial charge in [0, 0.05) is 31.6 Å². The zero-order valence-electron chi connectivity index (χ0n) is 19.4. The van der Waals surface area contributed by atoms with Crippen LogP contribution >= 0.6 is 0 Å². The predicted octanol–water partition coefficient (Wildman–Crippen LogP) is 1.09. The smallest absolute Gasteiger partial charge is 0.339 e. The average Bonchev–Trinajstić information content (AvgIpc) is 3.21. The van der Waals surface area contributed by atoms with Crippen molar-refractivity contribution in [3.8, 4) is 17.8 Å². The number of aromatic nitrogens is 6. The number of hydrogen-bond acceptors (Lipinski definition) is 7. The molecular weight excluding hydrogens is 432 g/mol. The molecule has 10 nitrogen and oxygen atoms in total. The van der Waals surface area contributed by atoms with Crippen LogP contribution in [-0.4, -0.2) is 47.8 Å². The zero-order chi connectivity index (χ0) is 24.0. The molecule has 0 radical (unpaired) electrons. The normalized spacial score (nSPS) is 16.1. The first-order valence-corrected chi connectivity index (χ1v) is 11.3. The van der Waals surface area contributed by atoms with Crippen LogP contribution in [0.25, 0.3) is 28.0 Å². The number of imidazole rings is 1. The quantitative estimate of drug-likeness (QED) is 0.457. The van der Waals surface area contributed by atoms with E-state index in [1.807, 2.05) is 31.2 Å². The van der Waals surface area contributed by atoms with Crippen molar-refractivity contribution < 1.29 is 0 Å². The molecule has 174 valence electrons. The molecule has 4 aromatic rings. The third-order valence-electron chi connectivity index (χ3n) is 6.27. The lowest BCUT2D eigenvalue weighted by Crippen LogP contribution is -2.44. The van der Waals surface area contributed by atoms with Crippen molar-refractivity contribution in [2.75, 3.05) is 18.0 Å². The van der Waals surface area contributed by atoms with Crippen molar-refractivity contribution >= 4 is 28.0 Å². The summed E-state index contributed by atoms with van der Waals surface area (Å²) < 4.78 is 4.16. The van der Waals surface area contributed by atoms with E-state index in [0.29, 0.717) is 29.4 Å². The predicted molar refractivity (Wildman–Crippen MR) is 131 cm³/mol. The Kier molecular flexibility index (Phi) is 5.42. The molecule has 0 spiro atoms. The molecule has 0 bridgehead atoms. The molecule has 5 rings (SSSR count). The van der Waals surface area contributed by atoms with Crippen molar-refractivity contribution in [2.45, 2.75) is 39.3 Å². The van der Waals surface area contributed by atoms with Gasteiger partial charge in [0.15, 0.2) is 11.2 Å². The van der Waals surface area contributed by atoms with Crippen molar-refractivity contribution in [1.82, 2.24) is 28.7 Å². The molecule has 1 saturated heterocycles. The fourth-order valence-electron chi connectivity index (χ4n) is 4.54. The van der Waals surface area contributed by atoms with Crippen LogP contribution in [0, 0.1) is 18.8 Å². The van der Waals surface area contributed by atoms with Gasteiger partial charge in [-0.25, -0.2) is 14.8 Å². The molecular formula is C24H26N8O2. The van der Waals surface area contributed by atoms with Crippen LogP contribution in [0.3, 0.4) is 0 Å². The maximum Gasteiger partial charge on any atom is 0.339 e. The number of benzene rings is 1. The Morgan fingerprint density at radius 1 is 1.18 bits per heavy atom. The van der Waals surface area contributed by atoms with Gasteiger partial charge in [0.05, 0.1) is 17.8 Å². The second kappa shape index (κ2) is 8.43. The SMILES string of the molecule is CC#CCn1c(N2CCCC(N)C2)nc2c1c(=O)n(-c1nc(C)c3ccccc3n1)c(=O)n2C. The molecule has 4 heterocycles. The molecule has 1 aromatic carbocycles. The van der Waals surface area contributed by atoms with Gasteiger partial charge < -0.3 is 10.6 Å². The van der Waals surface area contributed by atoms with Crippen LogP contribution in [-0.2, 0) is 13.6 Å². The van der Waals surface area contributed by atoms with E-state index < -0.39 is 11.2 Å². The number of para-hydroxylation sites is 1. The first-order chi connectivity index (χ1) is 16.4. The van der Waals surface area contributed by atoms with Crippen molar-refractivity contribution in [1.29, 1.82) is 0 Å². The van der Waals surface area contributed by atoms with Gasteiger partial charge in [-0.15, -0.1) is 5.92 Å². The Labute approximate surface area is 195 Å². The van der Waals surface area contributed by atoms with Gasteiger partial charge >= 0.3 is 5.69 Å². The molecule has 0 aliphatic carbocycles. The first kappa shape index (κ1) is 21.9. The highest BCUT2D eigenvalue weighted by Crippen LogP contribution is 2.23. The number of anilines is 1. The van der Waals surface area contributed by atoms with Gasteiger partial charge in [-0.3, -0.25) is 13.9 Å². The highest BCUT2D eigenvalue weighted by atomic mass is 16.2. The van der Waals surface area contributed by atoms with Gasteiger partial charge in [0.25, 0.3) is 5.56 Å². The van der Waals surface area contributed by atoms with E-state index in [2.05, 4.69) is 26.7 Å². The molecule has 1 unspecified atom stereocenters. The summed E-state index contributed by atoms with van der Waals surface area (Å²) in [6, 6.07) is 7.52.